The smallest absolute Gasteiger partial charge is 0.331 e. The molecular weight excluding hydrogens is 341 g/mol. The van der Waals surface area contributed by atoms with Gasteiger partial charge in [-0.05, 0) is 30.3 Å². The summed E-state index contributed by atoms with van der Waals surface area (Å²) >= 11 is 0. The summed E-state index contributed by atoms with van der Waals surface area (Å²) in [5.41, 5.74) is 1.26. The fourth-order valence-corrected chi connectivity index (χ4v) is 2.26. The van der Waals surface area contributed by atoms with Crippen LogP contribution in [0.25, 0.3) is 17.2 Å². The molecule has 0 fully saturated rings. The van der Waals surface area contributed by atoms with Gasteiger partial charge in [0.25, 0.3) is 0 Å². The monoisotopic (exact) mass is 355 g/mol. The first-order valence-electron chi connectivity index (χ1n) is 7.64. The van der Waals surface area contributed by atoms with Crippen LogP contribution < -0.4 is 4.74 Å². The Morgan fingerprint density at radius 1 is 1.23 bits per heavy atom. The molecule has 0 radical (unpaired) electrons. The van der Waals surface area contributed by atoms with Gasteiger partial charge < -0.3 is 13.9 Å². The van der Waals surface area contributed by atoms with Crippen molar-refractivity contribution in [2.24, 2.45) is 0 Å². The Morgan fingerprint density at radius 2 is 2.04 bits per heavy atom. The number of carbonyl (C=O) groups excluding carboxylic acids is 2. The van der Waals surface area contributed by atoms with Gasteiger partial charge in [0.1, 0.15) is 17.1 Å². The molecule has 132 valence electrons. The molecule has 0 atom stereocenters. The van der Waals surface area contributed by atoms with Gasteiger partial charge in [0.15, 0.2) is 12.2 Å². The molecule has 26 heavy (non-hydrogen) atoms. The number of carbonyl (C=O) groups is 2. The van der Waals surface area contributed by atoms with E-state index in [1.54, 1.807) is 12.1 Å². The van der Waals surface area contributed by atoms with Crippen LogP contribution in [0.3, 0.4) is 0 Å². The maximum absolute atomic E-state index is 13.3. The summed E-state index contributed by atoms with van der Waals surface area (Å²) in [6, 6.07) is 10.7. The highest BCUT2D eigenvalue weighted by Crippen LogP contribution is 2.20. The molecule has 0 aliphatic heterocycles. The third-order valence-electron chi connectivity index (χ3n) is 3.48. The number of rotatable bonds is 6. The van der Waals surface area contributed by atoms with E-state index in [0.717, 1.165) is 12.1 Å². The molecule has 1 heterocycles. The van der Waals surface area contributed by atoms with Crippen molar-refractivity contribution in [1.29, 1.82) is 0 Å². The summed E-state index contributed by atoms with van der Waals surface area (Å²) in [6.45, 7) is -0.545. The van der Waals surface area contributed by atoms with Crippen LogP contribution >= 0.6 is 0 Å². The Kier molecular flexibility index (Phi) is 5.07. The molecule has 3 rings (SSSR count). The highest BCUT2D eigenvalue weighted by Gasteiger charge is 2.15. The van der Waals surface area contributed by atoms with Crippen molar-refractivity contribution in [3.8, 4) is 5.75 Å². The van der Waals surface area contributed by atoms with Crippen LogP contribution in [0.5, 0.6) is 5.75 Å². The Hall–Kier alpha value is -3.48. The highest BCUT2D eigenvalue weighted by atomic mass is 19.1. The van der Waals surface area contributed by atoms with Gasteiger partial charge in [-0.15, -0.1) is 0 Å². The second kappa shape index (κ2) is 7.60. The molecule has 0 N–H and O–H groups in total. The van der Waals surface area contributed by atoms with E-state index in [-0.39, 0.29) is 17.2 Å². The molecule has 0 aliphatic rings. The standard InChI is InChI=1S/C19H14FNO5/c1-24-16-7-6-12(20)10-13(16)15(22)11-25-19(23)9-8-18-21-14-4-2-3-5-17(14)26-18/h2-10H,11H2,1H3/b9-8+. The first kappa shape index (κ1) is 17.3. The average molecular weight is 355 g/mol. The number of hydrogen-bond donors (Lipinski definition) is 0. The fraction of sp³-hybridized carbons (Fsp3) is 0.105. The summed E-state index contributed by atoms with van der Waals surface area (Å²) in [7, 11) is 1.36. The molecule has 0 saturated carbocycles. The zero-order valence-corrected chi connectivity index (χ0v) is 13.8. The van der Waals surface area contributed by atoms with E-state index in [9.17, 15) is 14.0 Å². The van der Waals surface area contributed by atoms with Crippen molar-refractivity contribution in [3.05, 3.63) is 65.8 Å². The Labute approximate surface area is 147 Å². The number of fused-ring (bicyclic) bond motifs is 1. The molecule has 0 saturated heterocycles. The number of aromatic nitrogens is 1. The normalized spacial score (nSPS) is 11.0. The maximum atomic E-state index is 13.3. The van der Waals surface area contributed by atoms with Gasteiger partial charge >= 0.3 is 5.97 Å². The molecule has 0 spiro atoms. The predicted octanol–water partition coefficient (Wildman–Crippen LogP) is 3.41. The number of ether oxygens (including phenoxy) is 2. The van der Waals surface area contributed by atoms with E-state index in [4.69, 9.17) is 13.9 Å². The first-order chi connectivity index (χ1) is 12.6. The number of esters is 1. The number of oxazole rings is 1. The SMILES string of the molecule is COc1ccc(F)cc1C(=O)COC(=O)/C=C/c1nc2ccccc2o1. The number of hydrogen-bond acceptors (Lipinski definition) is 6. The molecule has 0 bridgehead atoms. The molecule has 7 heteroatoms. The van der Waals surface area contributed by atoms with Crippen LogP contribution in [0.1, 0.15) is 16.2 Å². The maximum Gasteiger partial charge on any atom is 0.331 e. The molecule has 0 amide bonds. The minimum absolute atomic E-state index is 0.00299. The molecule has 3 aromatic rings. The summed E-state index contributed by atoms with van der Waals surface area (Å²) in [6.07, 6.45) is 2.44. The first-order valence-corrected chi connectivity index (χ1v) is 7.64. The third-order valence-corrected chi connectivity index (χ3v) is 3.48. The lowest BCUT2D eigenvalue weighted by Crippen LogP contribution is -2.13. The number of halogens is 1. The van der Waals surface area contributed by atoms with Gasteiger partial charge in [0.05, 0.1) is 12.7 Å². The molecule has 2 aromatic carbocycles. The summed E-state index contributed by atoms with van der Waals surface area (Å²) in [4.78, 5) is 28.0. The number of benzene rings is 2. The van der Waals surface area contributed by atoms with Gasteiger partial charge in [0.2, 0.25) is 11.7 Å². The number of methoxy groups -OCH3 is 1. The lowest BCUT2D eigenvalue weighted by molar-refractivity contribution is -0.136. The highest BCUT2D eigenvalue weighted by molar-refractivity contribution is 6.01. The van der Waals surface area contributed by atoms with Gasteiger partial charge in [-0.1, -0.05) is 12.1 Å². The van der Waals surface area contributed by atoms with Crippen LogP contribution in [0, 0.1) is 5.82 Å². The van der Waals surface area contributed by atoms with Gasteiger partial charge in [0, 0.05) is 12.2 Å². The van der Waals surface area contributed by atoms with Crippen LogP contribution in [0.4, 0.5) is 4.39 Å². The largest absolute Gasteiger partial charge is 0.496 e. The lowest BCUT2D eigenvalue weighted by atomic mass is 10.1. The van der Waals surface area contributed by atoms with Crippen molar-refractivity contribution >= 4 is 28.9 Å². The van der Waals surface area contributed by atoms with E-state index in [0.29, 0.717) is 11.1 Å². The minimum Gasteiger partial charge on any atom is -0.496 e. The van der Waals surface area contributed by atoms with Crippen molar-refractivity contribution in [2.45, 2.75) is 0 Å². The molecule has 0 unspecified atom stereocenters. The fourth-order valence-electron chi connectivity index (χ4n) is 2.26. The molecule has 1 aromatic heterocycles. The van der Waals surface area contributed by atoms with Gasteiger partial charge in [-0.3, -0.25) is 4.79 Å². The molecule has 0 aliphatic carbocycles. The van der Waals surface area contributed by atoms with Crippen molar-refractivity contribution in [2.75, 3.05) is 13.7 Å². The van der Waals surface area contributed by atoms with Crippen molar-refractivity contribution in [1.82, 2.24) is 4.98 Å². The topological polar surface area (TPSA) is 78.6 Å². The van der Waals surface area contributed by atoms with Crippen LogP contribution in [-0.4, -0.2) is 30.5 Å². The van der Waals surface area contributed by atoms with E-state index >= 15 is 0 Å². The van der Waals surface area contributed by atoms with E-state index in [2.05, 4.69) is 4.98 Å². The van der Waals surface area contributed by atoms with Crippen LogP contribution in [0.15, 0.2) is 53.0 Å². The molecular formula is C19H14FNO5. The predicted molar refractivity (Wildman–Crippen MR) is 91.3 cm³/mol. The quantitative estimate of drug-likeness (QED) is 0.383. The van der Waals surface area contributed by atoms with Crippen LogP contribution in [0.2, 0.25) is 0 Å². The summed E-state index contributed by atoms with van der Waals surface area (Å²) in [5, 5.41) is 0. The zero-order valence-electron chi connectivity index (χ0n) is 13.8. The second-order valence-electron chi connectivity index (χ2n) is 5.23. The number of nitrogens with zero attached hydrogens (tertiary/aromatic N) is 1. The van der Waals surface area contributed by atoms with Crippen LogP contribution in [-0.2, 0) is 9.53 Å². The Bertz CT molecular complexity index is 960. The van der Waals surface area contributed by atoms with E-state index < -0.39 is 24.2 Å². The van der Waals surface area contributed by atoms with Gasteiger partial charge in [-0.2, -0.15) is 0 Å². The van der Waals surface area contributed by atoms with E-state index in [1.807, 2.05) is 12.1 Å². The minimum atomic E-state index is -0.754. The van der Waals surface area contributed by atoms with Gasteiger partial charge in [-0.25, -0.2) is 14.2 Å². The van der Waals surface area contributed by atoms with Crippen molar-refractivity contribution < 1.29 is 27.9 Å². The lowest BCUT2D eigenvalue weighted by Gasteiger charge is -2.07. The Balaban J connectivity index is 1.61. The second-order valence-corrected chi connectivity index (χ2v) is 5.23. The summed E-state index contributed by atoms with van der Waals surface area (Å²) < 4.78 is 28.6. The average Bonchev–Trinajstić information content (AvgIpc) is 3.07. The number of para-hydroxylation sites is 2. The van der Waals surface area contributed by atoms with E-state index in [1.165, 1.54) is 25.3 Å². The zero-order chi connectivity index (χ0) is 18.5. The Morgan fingerprint density at radius 3 is 2.81 bits per heavy atom. The number of Topliss-reactive ketones (excluding diaryl/α,β-unsaturated/α-hetero) is 1. The van der Waals surface area contributed by atoms with Crippen molar-refractivity contribution in [3.63, 3.8) is 0 Å². The molecule has 6 nitrogen and oxygen atoms in total. The number of ketones is 1. The summed E-state index contributed by atoms with van der Waals surface area (Å²) in [5.74, 6) is -1.48. The third kappa shape index (κ3) is 3.94.